The van der Waals surface area contributed by atoms with E-state index in [2.05, 4.69) is 4.98 Å². The first kappa shape index (κ1) is 15.6. The number of aliphatic carboxylic acids is 1. The van der Waals surface area contributed by atoms with Crippen molar-refractivity contribution in [1.82, 2.24) is 4.98 Å². The highest BCUT2D eigenvalue weighted by Gasteiger charge is 2.11. The zero-order chi connectivity index (χ0) is 8.97. The van der Waals surface area contributed by atoms with Gasteiger partial charge in [0.1, 0.15) is 6.04 Å². The Bertz CT molecular complexity index is 269. The van der Waals surface area contributed by atoms with Crippen molar-refractivity contribution in [3.8, 4) is 0 Å². The van der Waals surface area contributed by atoms with E-state index >= 15 is 0 Å². The van der Waals surface area contributed by atoms with Crippen molar-refractivity contribution in [3.05, 3.63) is 30.1 Å². The van der Waals surface area contributed by atoms with Gasteiger partial charge in [-0.2, -0.15) is 0 Å². The van der Waals surface area contributed by atoms with Crippen molar-refractivity contribution in [2.24, 2.45) is 5.73 Å². The molecule has 0 unspecified atom stereocenters. The molecule has 1 heterocycles. The number of hydrogen-bond donors (Lipinski definition) is 2. The molecule has 4 nitrogen and oxygen atoms in total. The van der Waals surface area contributed by atoms with Gasteiger partial charge in [0.2, 0.25) is 0 Å². The zero-order valence-electron chi connectivity index (χ0n) is 7.29. The van der Waals surface area contributed by atoms with Gasteiger partial charge in [0, 0.05) is 18.3 Å². The zero-order valence-corrected chi connectivity index (χ0v) is 8.92. The standard InChI is InChI=1S/C8H10N2O2.2ClH/c9-7(8(11)12)5-6-3-1-2-4-10-6;;/h1-4,7H,5,9H2,(H,11,12);2*1H/t7-;;/m0../s1. The molecule has 0 bridgehead atoms. The third kappa shape index (κ3) is 5.01. The predicted molar refractivity (Wildman–Crippen MR) is 58.0 cm³/mol. The van der Waals surface area contributed by atoms with E-state index in [1.54, 1.807) is 24.4 Å². The fourth-order valence-electron chi connectivity index (χ4n) is 0.831. The van der Waals surface area contributed by atoms with E-state index in [1.807, 2.05) is 0 Å². The average molecular weight is 239 g/mol. The van der Waals surface area contributed by atoms with Crippen LogP contribution in [-0.2, 0) is 11.2 Å². The van der Waals surface area contributed by atoms with Gasteiger partial charge >= 0.3 is 5.97 Å². The number of aromatic nitrogens is 1. The average Bonchev–Trinajstić information content (AvgIpc) is 2.06. The highest BCUT2D eigenvalue weighted by Crippen LogP contribution is 1.97. The quantitative estimate of drug-likeness (QED) is 0.820. The summed E-state index contributed by atoms with van der Waals surface area (Å²) in [5, 5.41) is 8.49. The van der Waals surface area contributed by atoms with E-state index in [-0.39, 0.29) is 31.2 Å². The molecule has 0 aliphatic heterocycles. The van der Waals surface area contributed by atoms with Crippen LogP contribution in [0.25, 0.3) is 0 Å². The van der Waals surface area contributed by atoms with Crippen molar-refractivity contribution in [2.75, 3.05) is 0 Å². The van der Waals surface area contributed by atoms with E-state index in [9.17, 15) is 4.79 Å². The summed E-state index contributed by atoms with van der Waals surface area (Å²) in [7, 11) is 0. The maximum Gasteiger partial charge on any atom is 0.320 e. The number of carbonyl (C=O) groups is 1. The molecule has 3 N–H and O–H groups in total. The first-order valence-electron chi connectivity index (χ1n) is 3.58. The lowest BCUT2D eigenvalue weighted by atomic mass is 10.1. The second-order valence-electron chi connectivity index (χ2n) is 2.47. The van der Waals surface area contributed by atoms with Gasteiger partial charge in [-0.15, -0.1) is 24.8 Å². The molecule has 6 heteroatoms. The maximum absolute atomic E-state index is 10.4. The van der Waals surface area contributed by atoms with Crippen molar-refractivity contribution < 1.29 is 9.90 Å². The fourth-order valence-corrected chi connectivity index (χ4v) is 0.831. The van der Waals surface area contributed by atoms with Gasteiger partial charge in [-0.1, -0.05) is 6.07 Å². The molecule has 0 fully saturated rings. The van der Waals surface area contributed by atoms with Crippen LogP contribution in [-0.4, -0.2) is 22.1 Å². The lowest BCUT2D eigenvalue weighted by Gasteiger charge is -2.03. The van der Waals surface area contributed by atoms with Crippen LogP contribution in [0.1, 0.15) is 5.69 Å². The monoisotopic (exact) mass is 238 g/mol. The number of pyridine rings is 1. The van der Waals surface area contributed by atoms with Gasteiger partial charge in [0.15, 0.2) is 0 Å². The Balaban J connectivity index is 0. The first-order valence-corrected chi connectivity index (χ1v) is 3.58. The van der Waals surface area contributed by atoms with Crippen molar-refractivity contribution in [3.63, 3.8) is 0 Å². The number of rotatable bonds is 3. The summed E-state index contributed by atoms with van der Waals surface area (Å²) in [6.45, 7) is 0. The molecule has 0 radical (unpaired) electrons. The second-order valence-corrected chi connectivity index (χ2v) is 2.47. The molecule has 0 aliphatic carbocycles. The molecule has 14 heavy (non-hydrogen) atoms. The van der Waals surface area contributed by atoms with Crippen LogP contribution in [0.5, 0.6) is 0 Å². The van der Waals surface area contributed by atoms with Crippen LogP contribution in [0.4, 0.5) is 0 Å². The van der Waals surface area contributed by atoms with Gasteiger partial charge < -0.3 is 10.8 Å². The number of hydrogen-bond acceptors (Lipinski definition) is 3. The van der Waals surface area contributed by atoms with Crippen LogP contribution in [0.15, 0.2) is 24.4 Å². The minimum atomic E-state index is -0.999. The van der Waals surface area contributed by atoms with E-state index < -0.39 is 12.0 Å². The van der Waals surface area contributed by atoms with Gasteiger partial charge in [-0.3, -0.25) is 9.78 Å². The van der Waals surface area contributed by atoms with Gasteiger partial charge in [-0.05, 0) is 12.1 Å². The highest BCUT2D eigenvalue weighted by atomic mass is 35.5. The molecule has 0 aliphatic rings. The lowest BCUT2D eigenvalue weighted by Crippen LogP contribution is -2.32. The lowest BCUT2D eigenvalue weighted by molar-refractivity contribution is -0.138. The SMILES string of the molecule is Cl.Cl.N[C@@H](Cc1ccccn1)C(=O)O. The molecule has 0 aromatic carbocycles. The van der Waals surface area contributed by atoms with Gasteiger partial charge in [-0.25, -0.2) is 0 Å². The third-order valence-corrected chi connectivity index (χ3v) is 1.47. The largest absolute Gasteiger partial charge is 0.480 e. The number of carboxylic acid groups (broad SMARTS) is 1. The summed E-state index contributed by atoms with van der Waals surface area (Å²) in [5.41, 5.74) is 6.01. The summed E-state index contributed by atoms with van der Waals surface area (Å²) >= 11 is 0. The minimum Gasteiger partial charge on any atom is -0.480 e. The van der Waals surface area contributed by atoms with Crippen LogP contribution in [0.2, 0.25) is 0 Å². The van der Waals surface area contributed by atoms with Crippen molar-refractivity contribution in [1.29, 1.82) is 0 Å². The first-order chi connectivity index (χ1) is 5.70. The Hall–Kier alpha value is -0.840. The molecule has 0 amide bonds. The third-order valence-electron chi connectivity index (χ3n) is 1.47. The number of carboxylic acids is 1. The molecule has 0 saturated heterocycles. The molecule has 1 aromatic heterocycles. The van der Waals surface area contributed by atoms with Gasteiger partial charge in [0.05, 0.1) is 0 Å². The van der Waals surface area contributed by atoms with Crippen LogP contribution in [0.3, 0.4) is 0 Å². The van der Waals surface area contributed by atoms with Crippen LogP contribution >= 0.6 is 24.8 Å². The summed E-state index contributed by atoms with van der Waals surface area (Å²) in [5.74, 6) is -0.999. The molecule has 0 spiro atoms. The maximum atomic E-state index is 10.4. The Morgan fingerprint density at radius 2 is 2.14 bits per heavy atom. The Kier molecular flexibility index (Phi) is 8.43. The van der Waals surface area contributed by atoms with Crippen LogP contribution < -0.4 is 5.73 Å². The van der Waals surface area contributed by atoms with E-state index in [1.165, 1.54) is 0 Å². The molecule has 1 atom stereocenters. The number of halogens is 2. The summed E-state index contributed by atoms with van der Waals surface area (Å²) < 4.78 is 0. The Morgan fingerprint density at radius 3 is 2.57 bits per heavy atom. The topological polar surface area (TPSA) is 76.2 Å². The molecule has 0 saturated carbocycles. The number of nitrogens with two attached hydrogens (primary N) is 1. The second kappa shape index (κ2) is 7.55. The van der Waals surface area contributed by atoms with Gasteiger partial charge in [0.25, 0.3) is 0 Å². The molecular formula is C8H12Cl2N2O2. The highest BCUT2D eigenvalue weighted by molar-refractivity contribution is 5.85. The smallest absolute Gasteiger partial charge is 0.320 e. The summed E-state index contributed by atoms with van der Waals surface area (Å²) in [6.07, 6.45) is 1.89. The normalized spacial score (nSPS) is 10.6. The Labute approximate surface area is 94.3 Å². The summed E-state index contributed by atoms with van der Waals surface area (Å²) in [6, 6.07) is 4.47. The summed E-state index contributed by atoms with van der Waals surface area (Å²) in [4.78, 5) is 14.3. The minimum absolute atomic E-state index is 0. The van der Waals surface area contributed by atoms with Crippen molar-refractivity contribution >= 4 is 30.8 Å². The molecular weight excluding hydrogens is 227 g/mol. The van der Waals surface area contributed by atoms with Crippen LogP contribution in [0, 0.1) is 0 Å². The fraction of sp³-hybridized carbons (Fsp3) is 0.250. The molecule has 80 valence electrons. The number of nitrogens with zero attached hydrogens (tertiary/aromatic N) is 1. The molecule has 1 rings (SSSR count). The Morgan fingerprint density at radius 1 is 1.50 bits per heavy atom. The molecule has 1 aromatic rings. The van der Waals surface area contributed by atoms with Crippen molar-refractivity contribution in [2.45, 2.75) is 12.5 Å². The van der Waals surface area contributed by atoms with E-state index in [0.717, 1.165) is 0 Å². The predicted octanol–water partition coefficient (Wildman–Crippen LogP) is 0.880. The van der Waals surface area contributed by atoms with E-state index in [4.69, 9.17) is 10.8 Å². The van der Waals surface area contributed by atoms with E-state index in [0.29, 0.717) is 5.69 Å².